The van der Waals surface area contributed by atoms with Crippen molar-refractivity contribution in [3.05, 3.63) is 58.7 Å². The number of carbonyl (C=O) groups excluding carboxylic acids is 1. The number of fused-ring (bicyclic) bond motifs is 4. The van der Waals surface area contributed by atoms with Gasteiger partial charge in [0.1, 0.15) is 11.5 Å². The van der Waals surface area contributed by atoms with Crippen molar-refractivity contribution in [2.24, 2.45) is 0 Å². The van der Waals surface area contributed by atoms with Gasteiger partial charge in [-0.2, -0.15) is 17.6 Å². The number of ether oxygens (including phenoxy) is 2. The summed E-state index contributed by atoms with van der Waals surface area (Å²) in [6.45, 7) is -1.57. The van der Waals surface area contributed by atoms with Crippen molar-refractivity contribution in [2.75, 3.05) is 0 Å². The Morgan fingerprint density at radius 1 is 0.714 bits per heavy atom. The smallest absolute Gasteiger partial charge is 0.387 e. The van der Waals surface area contributed by atoms with Gasteiger partial charge in [-0.1, -0.05) is 26.0 Å². The van der Waals surface area contributed by atoms with Gasteiger partial charge in [-0.05, 0) is 103 Å². The molecule has 0 saturated heterocycles. The Kier molecular flexibility index (Phi) is 7.43. The lowest BCUT2D eigenvalue weighted by molar-refractivity contribution is -0.0505. The summed E-state index contributed by atoms with van der Waals surface area (Å²) in [6, 6.07) is 10.2. The fourth-order valence-corrected chi connectivity index (χ4v) is 5.58. The molecule has 6 rings (SSSR count). The van der Waals surface area contributed by atoms with Crippen molar-refractivity contribution in [1.82, 2.24) is 0 Å². The maximum Gasteiger partial charge on any atom is 0.387 e. The average Bonchev–Trinajstić information content (AvgIpc) is 3.76. The summed E-state index contributed by atoms with van der Waals surface area (Å²) in [5, 5.41) is 0. The van der Waals surface area contributed by atoms with Crippen molar-refractivity contribution in [3.8, 4) is 11.5 Å². The molecular weight excluding hydrogens is 460 g/mol. The van der Waals surface area contributed by atoms with Gasteiger partial charge in [-0.25, -0.2) is 0 Å². The average molecular weight is 493 g/mol. The number of rotatable bonds is 4. The second-order valence-corrected chi connectivity index (χ2v) is 9.62. The summed E-state index contributed by atoms with van der Waals surface area (Å²) in [7, 11) is 0. The Morgan fingerprint density at radius 2 is 1.26 bits per heavy atom. The molecule has 0 unspecified atom stereocenters. The molecule has 0 aliphatic heterocycles. The minimum Gasteiger partial charge on any atom is -0.435 e. The van der Waals surface area contributed by atoms with Gasteiger partial charge in [0.25, 0.3) is 0 Å². The van der Waals surface area contributed by atoms with E-state index in [4.69, 9.17) is 0 Å². The van der Waals surface area contributed by atoms with Gasteiger partial charge in [-0.3, -0.25) is 4.79 Å². The molecule has 2 aromatic carbocycles. The van der Waals surface area contributed by atoms with Gasteiger partial charge in [0.05, 0.1) is 0 Å². The first kappa shape index (κ1) is 25.5. The number of alkyl halides is 4. The maximum absolute atomic E-state index is 12.1. The standard InChI is InChI=1S/C13H12F2O2.C13H14F2O.C2H6/c14-12(15)17-8-1-2-10-9(7-8)11(16)3-4-13(10)5-6-13;14-12(15)16-10-3-4-11-9(8-10)2-1-5-13(11)6-7-13;1-2/h1-2,7,12H,3-6H2;3-4,8,12H,1-2,5-7H2;1-2H3. The lowest BCUT2D eigenvalue weighted by Crippen LogP contribution is -2.21. The normalized spacial score (nSPS) is 19.7. The number of hydrogen-bond donors (Lipinski definition) is 0. The zero-order valence-corrected chi connectivity index (χ0v) is 20.2. The third-order valence-electron chi connectivity index (χ3n) is 7.60. The third-order valence-corrected chi connectivity index (χ3v) is 7.60. The SMILES string of the molecule is CC.FC(F)Oc1ccc2c(c1)CCCC21CC1.O=C1CCC2(CC2)c2ccc(OC(F)F)cc21. The maximum atomic E-state index is 12.1. The summed E-state index contributed by atoms with van der Waals surface area (Å²) in [6.07, 6.45) is 9.56. The summed E-state index contributed by atoms with van der Waals surface area (Å²) in [5.41, 5.74) is 4.74. The fraction of sp³-hybridized carbons (Fsp3) is 0.536. The molecule has 0 bridgehead atoms. The summed E-state index contributed by atoms with van der Waals surface area (Å²) >= 11 is 0. The van der Waals surface area contributed by atoms with Crippen LogP contribution in [0.15, 0.2) is 36.4 Å². The Bertz CT molecular complexity index is 1060. The van der Waals surface area contributed by atoms with Gasteiger partial charge < -0.3 is 9.47 Å². The van der Waals surface area contributed by atoms with E-state index in [-0.39, 0.29) is 16.9 Å². The van der Waals surface area contributed by atoms with Crippen LogP contribution in [0.3, 0.4) is 0 Å². The van der Waals surface area contributed by atoms with E-state index in [1.165, 1.54) is 48.9 Å². The van der Waals surface area contributed by atoms with Gasteiger partial charge in [0, 0.05) is 12.0 Å². The molecule has 2 aromatic rings. The Labute approximate surface area is 203 Å². The number of benzene rings is 2. The van der Waals surface area contributed by atoms with E-state index >= 15 is 0 Å². The van der Waals surface area contributed by atoms with Gasteiger partial charge in [0.2, 0.25) is 0 Å². The van der Waals surface area contributed by atoms with E-state index in [0.29, 0.717) is 23.1 Å². The molecule has 0 atom stereocenters. The number of halogens is 4. The van der Waals surface area contributed by atoms with Gasteiger partial charge in [-0.15, -0.1) is 0 Å². The molecule has 3 nitrogen and oxygen atoms in total. The van der Waals surface area contributed by atoms with Crippen LogP contribution in [0.1, 0.15) is 92.3 Å². The lowest BCUT2D eigenvalue weighted by atomic mass is 9.79. The highest BCUT2D eigenvalue weighted by molar-refractivity contribution is 5.99. The molecule has 2 fully saturated rings. The first-order valence-electron chi connectivity index (χ1n) is 12.5. The second kappa shape index (κ2) is 10.2. The second-order valence-electron chi connectivity index (χ2n) is 9.62. The zero-order valence-electron chi connectivity index (χ0n) is 20.2. The van der Waals surface area contributed by atoms with Crippen molar-refractivity contribution < 1.29 is 31.8 Å². The van der Waals surface area contributed by atoms with Crippen molar-refractivity contribution in [3.63, 3.8) is 0 Å². The minimum atomic E-state index is -2.85. The number of carbonyl (C=O) groups is 1. The molecule has 4 aliphatic rings. The monoisotopic (exact) mass is 492 g/mol. The van der Waals surface area contributed by atoms with Crippen molar-refractivity contribution in [1.29, 1.82) is 0 Å². The van der Waals surface area contributed by atoms with E-state index in [1.807, 2.05) is 19.9 Å². The van der Waals surface area contributed by atoms with Crippen LogP contribution < -0.4 is 9.47 Å². The predicted octanol–water partition coefficient (Wildman–Crippen LogP) is 7.98. The van der Waals surface area contributed by atoms with Gasteiger partial charge in [0.15, 0.2) is 5.78 Å². The molecule has 35 heavy (non-hydrogen) atoms. The summed E-state index contributed by atoms with van der Waals surface area (Å²) < 4.78 is 57.2. The molecule has 2 saturated carbocycles. The van der Waals surface area contributed by atoms with E-state index in [9.17, 15) is 22.4 Å². The van der Waals surface area contributed by atoms with Gasteiger partial charge >= 0.3 is 13.2 Å². The molecule has 4 aliphatic carbocycles. The van der Waals surface area contributed by atoms with Crippen LogP contribution in [0, 0.1) is 0 Å². The first-order valence-corrected chi connectivity index (χ1v) is 12.5. The van der Waals surface area contributed by atoms with E-state index in [1.54, 1.807) is 18.2 Å². The molecule has 0 radical (unpaired) electrons. The number of aryl methyl sites for hydroxylation is 1. The van der Waals surface area contributed by atoms with Crippen LogP contribution in [-0.2, 0) is 17.3 Å². The van der Waals surface area contributed by atoms with Crippen molar-refractivity contribution >= 4 is 5.78 Å². The molecule has 2 spiro atoms. The largest absolute Gasteiger partial charge is 0.435 e. The van der Waals surface area contributed by atoms with Crippen LogP contribution in [0.2, 0.25) is 0 Å². The Morgan fingerprint density at radius 3 is 1.83 bits per heavy atom. The predicted molar refractivity (Wildman–Crippen MR) is 126 cm³/mol. The summed E-state index contributed by atoms with van der Waals surface area (Å²) in [5.74, 6) is 0.411. The Hall–Kier alpha value is -2.57. The summed E-state index contributed by atoms with van der Waals surface area (Å²) in [4.78, 5) is 11.8. The van der Waals surface area contributed by atoms with E-state index in [0.717, 1.165) is 31.2 Å². The minimum absolute atomic E-state index is 0.0391. The van der Waals surface area contributed by atoms with E-state index < -0.39 is 13.2 Å². The molecule has 0 aromatic heterocycles. The van der Waals surface area contributed by atoms with Crippen LogP contribution in [0.5, 0.6) is 11.5 Å². The molecule has 0 heterocycles. The highest BCUT2D eigenvalue weighted by atomic mass is 19.3. The molecule has 7 heteroatoms. The van der Waals surface area contributed by atoms with Crippen LogP contribution in [0.25, 0.3) is 0 Å². The van der Waals surface area contributed by atoms with Crippen molar-refractivity contribution in [2.45, 2.75) is 95.7 Å². The topological polar surface area (TPSA) is 35.5 Å². The first-order chi connectivity index (χ1) is 16.8. The fourth-order valence-electron chi connectivity index (χ4n) is 5.58. The number of Topliss-reactive ketones (excluding diaryl/α,β-unsaturated/α-hetero) is 1. The third kappa shape index (κ3) is 5.49. The van der Waals surface area contributed by atoms with Crippen LogP contribution >= 0.6 is 0 Å². The number of hydrogen-bond acceptors (Lipinski definition) is 3. The Balaban J connectivity index is 0.000000155. The molecule has 0 amide bonds. The zero-order chi connectivity index (χ0) is 25.2. The lowest BCUT2D eigenvalue weighted by Gasteiger charge is -2.25. The molecule has 190 valence electrons. The number of ketones is 1. The van der Waals surface area contributed by atoms with Crippen LogP contribution in [0.4, 0.5) is 17.6 Å². The highest BCUT2D eigenvalue weighted by Crippen LogP contribution is 2.56. The highest BCUT2D eigenvalue weighted by Gasteiger charge is 2.48. The molecular formula is C28H32F4O3. The van der Waals surface area contributed by atoms with Crippen LogP contribution in [-0.4, -0.2) is 19.0 Å². The van der Waals surface area contributed by atoms with E-state index in [2.05, 4.69) is 9.47 Å². The molecule has 0 N–H and O–H groups in total. The quantitative estimate of drug-likeness (QED) is 0.406.